The number of tetrazole rings is 1. The molecule has 0 saturated carbocycles. The Morgan fingerprint density at radius 2 is 1.76 bits per heavy atom. The van der Waals surface area contributed by atoms with Crippen LogP contribution in [0.5, 0.6) is 5.75 Å². The van der Waals surface area contributed by atoms with Gasteiger partial charge in [-0.05, 0) is 65.2 Å². The van der Waals surface area contributed by atoms with E-state index in [9.17, 15) is 4.21 Å². The minimum atomic E-state index is -1.32. The molecule has 1 atom stereocenters. The van der Waals surface area contributed by atoms with Crippen molar-refractivity contribution in [3.63, 3.8) is 0 Å². The van der Waals surface area contributed by atoms with E-state index in [0.717, 1.165) is 50.3 Å². The van der Waals surface area contributed by atoms with Gasteiger partial charge in [0, 0.05) is 17.3 Å². The zero-order valence-corrected chi connectivity index (χ0v) is 21.3. The van der Waals surface area contributed by atoms with Crippen LogP contribution in [0.3, 0.4) is 0 Å². The fourth-order valence-corrected chi connectivity index (χ4v) is 5.26. The lowest BCUT2D eigenvalue weighted by molar-refractivity contribution is 0.305. The quantitative estimate of drug-likeness (QED) is 0.289. The Morgan fingerprint density at radius 1 is 0.921 bits per heavy atom. The molecule has 0 aliphatic rings. The van der Waals surface area contributed by atoms with Gasteiger partial charge in [-0.15, -0.1) is 10.2 Å². The number of imidazole rings is 1. The third-order valence-electron chi connectivity index (χ3n) is 6.15. The smallest absolute Gasteiger partial charge is 0.204 e. The lowest BCUT2D eigenvalue weighted by Crippen LogP contribution is -2.04. The maximum Gasteiger partial charge on any atom is 0.204 e. The summed E-state index contributed by atoms with van der Waals surface area (Å²) < 4.78 is 18.9. The number of aromatic nitrogens is 7. The number of aryl methyl sites for hydroxylation is 1. The summed E-state index contributed by atoms with van der Waals surface area (Å²) in [6.07, 6.45) is 1.77. The minimum Gasteiger partial charge on any atom is -0.489 e. The summed E-state index contributed by atoms with van der Waals surface area (Å²) in [6.45, 7) is 2.35. The molecule has 0 aliphatic carbocycles. The van der Waals surface area contributed by atoms with E-state index in [-0.39, 0.29) is 0 Å². The van der Waals surface area contributed by atoms with E-state index in [1.807, 2.05) is 85.8 Å². The van der Waals surface area contributed by atoms with Gasteiger partial charge in [0.1, 0.15) is 12.4 Å². The second kappa shape index (κ2) is 10.3. The van der Waals surface area contributed by atoms with Crippen molar-refractivity contribution in [1.82, 2.24) is 35.6 Å². The molecular weight excluding hydrogens is 498 g/mol. The van der Waals surface area contributed by atoms with Crippen LogP contribution in [-0.2, 0) is 23.2 Å². The average Bonchev–Trinajstić information content (AvgIpc) is 3.64. The van der Waals surface area contributed by atoms with E-state index < -0.39 is 10.8 Å². The monoisotopic (exact) mass is 521 g/mol. The third kappa shape index (κ3) is 5.07. The predicted molar refractivity (Wildman–Crippen MR) is 145 cm³/mol. The van der Waals surface area contributed by atoms with Gasteiger partial charge in [-0.2, -0.15) is 5.21 Å². The van der Waals surface area contributed by atoms with Gasteiger partial charge in [0.15, 0.2) is 5.16 Å². The molecular formula is C28H23N7O2S. The van der Waals surface area contributed by atoms with Crippen molar-refractivity contribution in [2.45, 2.75) is 24.4 Å². The van der Waals surface area contributed by atoms with Gasteiger partial charge < -0.3 is 9.72 Å². The van der Waals surface area contributed by atoms with E-state index >= 15 is 0 Å². The highest BCUT2D eigenvalue weighted by Crippen LogP contribution is 2.26. The first-order valence-electron chi connectivity index (χ1n) is 12.0. The van der Waals surface area contributed by atoms with Crippen LogP contribution < -0.4 is 4.74 Å². The summed E-state index contributed by atoms with van der Waals surface area (Å²) in [7, 11) is -1.32. The molecule has 1 unspecified atom stereocenters. The Balaban J connectivity index is 1.09. The van der Waals surface area contributed by atoms with Crippen molar-refractivity contribution in [2.24, 2.45) is 0 Å². The molecule has 6 aromatic rings. The summed E-state index contributed by atoms with van der Waals surface area (Å²) in [4.78, 5) is 12.1. The zero-order chi connectivity index (χ0) is 25.9. The number of pyridine rings is 1. The van der Waals surface area contributed by atoms with E-state index in [1.165, 1.54) is 0 Å². The molecule has 0 bridgehead atoms. The Bertz CT molecular complexity index is 1700. The Morgan fingerprint density at radius 3 is 2.55 bits per heavy atom. The zero-order valence-electron chi connectivity index (χ0n) is 20.5. The van der Waals surface area contributed by atoms with E-state index in [2.05, 4.69) is 35.6 Å². The van der Waals surface area contributed by atoms with E-state index in [0.29, 0.717) is 23.3 Å². The fourth-order valence-electron chi connectivity index (χ4n) is 4.15. The first-order valence-corrected chi connectivity index (χ1v) is 13.3. The summed E-state index contributed by atoms with van der Waals surface area (Å²) in [5.74, 6) is 1.61. The van der Waals surface area contributed by atoms with Crippen molar-refractivity contribution < 1.29 is 8.95 Å². The number of hydrogen-bond acceptors (Lipinski definition) is 7. The first-order chi connectivity index (χ1) is 18.6. The summed E-state index contributed by atoms with van der Waals surface area (Å²) in [5.41, 5.74) is 7.36. The van der Waals surface area contributed by atoms with E-state index in [1.54, 1.807) is 6.20 Å². The van der Waals surface area contributed by atoms with Gasteiger partial charge in [0.2, 0.25) is 5.82 Å². The van der Waals surface area contributed by atoms with Gasteiger partial charge >= 0.3 is 0 Å². The molecule has 10 heteroatoms. The summed E-state index contributed by atoms with van der Waals surface area (Å²) in [5, 5.41) is 14.7. The van der Waals surface area contributed by atoms with Crippen LogP contribution in [0.2, 0.25) is 0 Å². The molecule has 3 heterocycles. The topological polar surface area (TPSA) is 122 Å². The van der Waals surface area contributed by atoms with Crippen LogP contribution in [0.15, 0.2) is 90.2 Å². The van der Waals surface area contributed by atoms with Crippen LogP contribution in [-0.4, -0.2) is 39.8 Å². The molecule has 0 spiro atoms. The van der Waals surface area contributed by atoms with Gasteiger partial charge in [0.25, 0.3) is 0 Å². The lowest BCUT2D eigenvalue weighted by atomic mass is 10.0. The number of para-hydroxylation sites is 2. The second-order valence-electron chi connectivity index (χ2n) is 8.79. The van der Waals surface area contributed by atoms with Crippen LogP contribution in [0.4, 0.5) is 0 Å². The molecule has 0 fully saturated rings. The SMILES string of the molecule is Cc1cc(COc2ccc(-c3cccc(-c4nn[nH]n4)c3)cc2)cnc1CS(=O)c1nc2ccccc2[nH]1. The van der Waals surface area contributed by atoms with Crippen LogP contribution in [0.1, 0.15) is 16.8 Å². The summed E-state index contributed by atoms with van der Waals surface area (Å²) >= 11 is 0. The molecule has 0 amide bonds. The normalized spacial score (nSPS) is 12.0. The predicted octanol–water partition coefficient (Wildman–Crippen LogP) is 5.00. The standard InChI is InChI=1S/C28H23N7O2S/c1-18-13-19(15-29-26(18)17-38(36)28-30-24-7-2-3-8-25(24)31-28)16-37-23-11-9-20(10-12-23)21-5-4-6-22(14-21)27-32-34-35-33-27/h2-15H,16-17H2,1H3,(H,30,31)(H,32,33,34,35). The molecule has 0 saturated heterocycles. The lowest BCUT2D eigenvalue weighted by Gasteiger charge is -2.10. The number of rotatable bonds is 8. The fraction of sp³-hybridized carbons (Fsp3) is 0.107. The molecule has 188 valence electrons. The van der Waals surface area contributed by atoms with Gasteiger partial charge in [-0.3, -0.25) is 9.19 Å². The highest BCUT2D eigenvalue weighted by Gasteiger charge is 2.13. The number of fused-ring (bicyclic) bond motifs is 1. The van der Waals surface area contributed by atoms with Gasteiger partial charge in [-0.25, -0.2) is 4.98 Å². The van der Waals surface area contributed by atoms with Crippen molar-refractivity contribution in [2.75, 3.05) is 0 Å². The van der Waals surface area contributed by atoms with Crippen molar-refractivity contribution >= 4 is 21.8 Å². The molecule has 9 nitrogen and oxygen atoms in total. The molecule has 6 rings (SSSR count). The Hall–Kier alpha value is -4.70. The number of hydrogen-bond donors (Lipinski definition) is 2. The summed E-state index contributed by atoms with van der Waals surface area (Å²) in [6, 6.07) is 25.6. The number of nitrogens with one attached hydrogen (secondary N) is 2. The average molecular weight is 522 g/mol. The minimum absolute atomic E-state index is 0.294. The largest absolute Gasteiger partial charge is 0.489 e. The highest BCUT2D eigenvalue weighted by atomic mass is 32.2. The number of nitrogens with zero attached hydrogens (tertiary/aromatic N) is 5. The van der Waals surface area contributed by atoms with E-state index in [4.69, 9.17) is 4.74 Å². The highest BCUT2D eigenvalue weighted by molar-refractivity contribution is 7.84. The van der Waals surface area contributed by atoms with Crippen LogP contribution in [0, 0.1) is 6.92 Å². The number of H-pyrrole nitrogens is 2. The third-order valence-corrected chi connectivity index (χ3v) is 7.31. The molecule has 3 aromatic heterocycles. The number of ether oxygens (including phenoxy) is 1. The number of aromatic amines is 2. The molecule has 3 aromatic carbocycles. The molecule has 0 radical (unpaired) electrons. The molecule has 2 N–H and O–H groups in total. The van der Waals surface area contributed by atoms with Gasteiger partial charge in [0.05, 0.1) is 33.3 Å². The van der Waals surface area contributed by atoms with Gasteiger partial charge in [-0.1, -0.05) is 42.5 Å². The van der Waals surface area contributed by atoms with Crippen LogP contribution in [0.25, 0.3) is 33.5 Å². The number of benzene rings is 3. The molecule has 38 heavy (non-hydrogen) atoms. The second-order valence-corrected chi connectivity index (χ2v) is 10.2. The van der Waals surface area contributed by atoms with Crippen molar-refractivity contribution in [1.29, 1.82) is 0 Å². The van der Waals surface area contributed by atoms with Crippen LogP contribution >= 0.6 is 0 Å². The van der Waals surface area contributed by atoms with Crippen molar-refractivity contribution in [3.8, 4) is 28.3 Å². The Kier molecular flexibility index (Phi) is 6.45. The Labute approximate surface area is 220 Å². The maximum atomic E-state index is 12.9. The first kappa shape index (κ1) is 23.7. The molecule has 0 aliphatic heterocycles. The van der Waals surface area contributed by atoms with Crippen molar-refractivity contribution in [3.05, 3.63) is 102 Å². The maximum absolute atomic E-state index is 12.9.